The van der Waals surface area contributed by atoms with E-state index in [1.165, 1.54) is 58.5 Å². The molecule has 3 nitrogen and oxygen atoms in total. The molecular formula is C18H31BO3. The Bertz CT molecular complexity index is 391. The van der Waals surface area contributed by atoms with Crippen LogP contribution in [-0.4, -0.2) is 25.6 Å². The Balaban J connectivity index is 1.82. The van der Waals surface area contributed by atoms with Crippen molar-refractivity contribution in [3.05, 3.63) is 0 Å². The Morgan fingerprint density at radius 1 is 1.05 bits per heavy atom. The lowest BCUT2D eigenvalue weighted by atomic mass is 9.47. The molecule has 3 fully saturated rings. The lowest BCUT2D eigenvalue weighted by Gasteiger charge is -2.35. The van der Waals surface area contributed by atoms with Gasteiger partial charge in [-0.15, -0.1) is 0 Å². The van der Waals surface area contributed by atoms with Crippen LogP contribution in [0.25, 0.3) is 0 Å². The molecule has 0 aromatic heterocycles. The SMILES string of the molecule is CC[C@](C)(OB1C2CCCCC2C2CCCCC12)C(=O)OC. The lowest BCUT2D eigenvalue weighted by Crippen LogP contribution is -2.46. The van der Waals surface area contributed by atoms with E-state index in [-0.39, 0.29) is 12.9 Å². The normalized spacial score (nSPS) is 37.1. The van der Waals surface area contributed by atoms with Gasteiger partial charge in [0.15, 0.2) is 0 Å². The average molecular weight is 306 g/mol. The lowest BCUT2D eigenvalue weighted by molar-refractivity contribution is -0.158. The van der Waals surface area contributed by atoms with E-state index in [0.29, 0.717) is 18.1 Å². The fraction of sp³-hybridized carbons (Fsp3) is 0.944. The molecule has 3 rings (SSSR count). The van der Waals surface area contributed by atoms with Crippen molar-refractivity contribution >= 4 is 12.9 Å². The number of hydrogen-bond donors (Lipinski definition) is 0. The van der Waals surface area contributed by atoms with Crippen molar-refractivity contribution in [3.63, 3.8) is 0 Å². The molecule has 4 heteroatoms. The fourth-order valence-corrected chi connectivity index (χ4v) is 5.54. The van der Waals surface area contributed by atoms with Gasteiger partial charge in [-0.2, -0.15) is 0 Å². The molecule has 5 atom stereocenters. The van der Waals surface area contributed by atoms with Gasteiger partial charge >= 0.3 is 12.9 Å². The van der Waals surface area contributed by atoms with E-state index < -0.39 is 5.60 Å². The zero-order chi connectivity index (χ0) is 15.7. The highest BCUT2D eigenvalue weighted by atomic mass is 16.6. The minimum absolute atomic E-state index is 0.207. The molecule has 0 aromatic carbocycles. The van der Waals surface area contributed by atoms with E-state index in [0.717, 1.165) is 11.8 Å². The first-order valence-corrected chi connectivity index (χ1v) is 9.37. The van der Waals surface area contributed by atoms with Crippen molar-refractivity contribution in [2.45, 2.75) is 88.9 Å². The summed E-state index contributed by atoms with van der Waals surface area (Å²) in [6, 6.07) is 0. The second-order valence-electron chi connectivity index (χ2n) is 7.88. The summed E-state index contributed by atoms with van der Waals surface area (Å²) in [5.41, 5.74) is -0.770. The second-order valence-corrected chi connectivity index (χ2v) is 7.88. The van der Waals surface area contributed by atoms with Gasteiger partial charge in [0.2, 0.25) is 0 Å². The summed E-state index contributed by atoms with van der Waals surface area (Å²) in [4.78, 5) is 12.2. The maximum Gasteiger partial charge on any atom is 0.336 e. The number of carbonyl (C=O) groups is 1. The van der Waals surface area contributed by atoms with Crippen LogP contribution in [0.2, 0.25) is 11.6 Å². The summed E-state index contributed by atoms with van der Waals surface area (Å²) in [7, 11) is 1.47. The average Bonchev–Trinajstić information content (AvgIpc) is 2.88. The first-order valence-electron chi connectivity index (χ1n) is 9.37. The quantitative estimate of drug-likeness (QED) is 0.568. The molecule has 124 valence electrons. The van der Waals surface area contributed by atoms with Gasteiger partial charge in [0.05, 0.1) is 7.11 Å². The van der Waals surface area contributed by atoms with Crippen LogP contribution in [0.3, 0.4) is 0 Å². The van der Waals surface area contributed by atoms with Crippen LogP contribution in [0, 0.1) is 11.8 Å². The van der Waals surface area contributed by atoms with Gasteiger partial charge in [-0.3, -0.25) is 0 Å². The van der Waals surface area contributed by atoms with Crippen molar-refractivity contribution in [1.29, 1.82) is 0 Å². The van der Waals surface area contributed by atoms with Crippen LogP contribution in [0.1, 0.15) is 71.6 Å². The summed E-state index contributed by atoms with van der Waals surface area (Å²) in [5, 5.41) is 0. The number of esters is 1. The predicted molar refractivity (Wildman–Crippen MR) is 89.0 cm³/mol. The topological polar surface area (TPSA) is 35.5 Å². The number of carbonyl (C=O) groups excluding carboxylic acids is 1. The maximum atomic E-state index is 12.2. The number of rotatable bonds is 4. The summed E-state index contributed by atoms with van der Waals surface area (Å²) in [5.74, 6) is 2.85. The first kappa shape index (κ1) is 16.4. The van der Waals surface area contributed by atoms with Crippen molar-refractivity contribution in [2.75, 3.05) is 7.11 Å². The molecule has 3 aliphatic rings. The maximum absolute atomic E-state index is 12.2. The zero-order valence-corrected chi connectivity index (χ0v) is 14.5. The van der Waals surface area contributed by atoms with Gasteiger partial charge < -0.3 is 9.39 Å². The first-order chi connectivity index (χ1) is 10.6. The Morgan fingerprint density at radius 2 is 1.55 bits per heavy atom. The number of methoxy groups -OCH3 is 1. The van der Waals surface area contributed by atoms with Crippen LogP contribution < -0.4 is 0 Å². The van der Waals surface area contributed by atoms with E-state index in [4.69, 9.17) is 9.39 Å². The van der Waals surface area contributed by atoms with Crippen LogP contribution in [-0.2, 0) is 14.2 Å². The molecule has 2 aliphatic carbocycles. The third kappa shape index (κ3) is 2.72. The second kappa shape index (κ2) is 6.55. The third-order valence-corrected chi connectivity index (χ3v) is 6.83. The molecule has 0 bridgehead atoms. The molecule has 1 heterocycles. The van der Waals surface area contributed by atoms with E-state index >= 15 is 0 Å². The van der Waals surface area contributed by atoms with Crippen LogP contribution in [0.15, 0.2) is 0 Å². The molecular weight excluding hydrogens is 275 g/mol. The summed E-state index contributed by atoms with van der Waals surface area (Å²) in [6.07, 6.45) is 11.5. The number of fused-ring (bicyclic) bond motifs is 3. The highest BCUT2D eigenvalue weighted by Gasteiger charge is 2.56. The molecule has 0 amide bonds. The highest BCUT2D eigenvalue weighted by Crippen LogP contribution is 2.60. The molecule has 2 saturated carbocycles. The van der Waals surface area contributed by atoms with Gasteiger partial charge in [-0.25, -0.2) is 4.79 Å². The van der Waals surface area contributed by atoms with Crippen molar-refractivity contribution in [1.82, 2.24) is 0 Å². The minimum Gasteiger partial charge on any atom is -0.467 e. The number of hydrogen-bond acceptors (Lipinski definition) is 3. The molecule has 0 N–H and O–H groups in total. The molecule has 1 saturated heterocycles. The summed E-state index contributed by atoms with van der Waals surface area (Å²) in [6.45, 7) is 4.23. The monoisotopic (exact) mass is 306 g/mol. The fourth-order valence-electron chi connectivity index (χ4n) is 5.54. The van der Waals surface area contributed by atoms with Gasteiger partial charge in [-0.05, 0) is 36.8 Å². The molecule has 0 aromatic rings. The molecule has 0 spiro atoms. The Hall–Kier alpha value is -0.505. The molecule has 0 radical (unpaired) electrons. The van der Waals surface area contributed by atoms with Crippen LogP contribution in [0.5, 0.6) is 0 Å². The smallest absolute Gasteiger partial charge is 0.336 e. The van der Waals surface area contributed by atoms with Gasteiger partial charge in [0.25, 0.3) is 0 Å². The highest BCUT2D eigenvalue weighted by molar-refractivity contribution is 6.57. The van der Waals surface area contributed by atoms with Crippen LogP contribution >= 0.6 is 0 Å². The third-order valence-electron chi connectivity index (χ3n) is 6.83. The van der Waals surface area contributed by atoms with E-state index in [1.54, 1.807) is 0 Å². The Morgan fingerprint density at radius 3 is 2.00 bits per heavy atom. The molecule has 4 unspecified atom stereocenters. The summed E-state index contributed by atoms with van der Waals surface area (Å²) < 4.78 is 11.6. The minimum atomic E-state index is -0.770. The number of ether oxygens (including phenoxy) is 1. The predicted octanol–water partition coefficient (Wildman–Crippen LogP) is 4.47. The van der Waals surface area contributed by atoms with E-state index in [1.807, 2.05) is 13.8 Å². The van der Waals surface area contributed by atoms with Gasteiger partial charge in [-0.1, -0.05) is 58.3 Å². The van der Waals surface area contributed by atoms with Crippen molar-refractivity contribution in [3.8, 4) is 0 Å². The van der Waals surface area contributed by atoms with E-state index in [9.17, 15) is 4.79 Å². The molecule has 1 aliphatic heterocycles. The van der Waals surface area contributed by atoms with Gasteiger partial charge in [0, 0.05) is 0 Å². The van der Waals surface area contributed by atoms with E-state index in [2.05, 4.69) is 0 Å². The zero-order valence-electron chi connectivity index (χ0n) is 14.5. The van der Waals surface area contributed by atoms with Crippen LogP contribution in [0.4, 0.5) is 0 Å². The molecule has 22 heavy (non-hydrogen) atoms. The van der Waals surface area contributed by atoms with Gasteiger partial charge in [0.1, 0.15) is 5.60 Å². The summed E-state index contributed by atoms with van der Waals surface area (Å²) >= 11 is 0. The van der Waals surface area contributed by atoms with Crippen molar-refractivity contribution in [2.24, 2.45) is 11.8 Å². The van der Waals surface area contributed by atoms with Crippen molar-refractivity contribution < 1.29 is 14.2 Å². The standard InChI is InChI=1S/C18H31BO3/c1-4-18(2,17(20)21-3)22-19-15-11-7-5-9-13(15)14-10-6-8-12-16(14)19/h13-16H,4-12H2,1-3H3/t13?,14?,15?,16?,18-/m0/s1. The Labute approximate surface area is 135 Å². The Kier molecular flexibility index (Phi) is 4.87. The largest absolute Gasteiger partial charge is 0.467 e.